The standard InChI is InChI=1S/C14H21FN2O2/c1-4-7-16-14(19)9-17(3)13-6-5-11(10(2)18)8-12(13)15/h5-6,8,10,18H,4,7,9H2,1-3H3,(H,16,19)/t10-/m0/s1. The number of aliphatic hydroxyl groups excluding tert-OH is 1. The second kappa shape index (κ2) is 7.09. The number of amides is 1. The highest BCUT2D eigenvalue weighted by Gasteiger charge is 2.12. The van der Waals surface area contributed by atoms with Gasteiger partial charge in [-0.15, -0.1) is 0 Å². The molecule has 106 valence electrons. The maximum atomic E-state index is 13.9. The van der Waals surface area contributed by atoms with Crippen LogP contribution in [0.4, 0.5) is 10.1 Å². The van der Waals surface area contributed by atoms with Gasteiger partial charge in [-0.25, -0.2) is 4.39 Å². The maximum Gasteiger partial charge on any atom is 0.239 e. The van der Waals surface area contributed by atoms with E-state index in [1.165, 1.54) is 6.07 Å². The molecule has 1 atom stereocenters. The molecule has 5 heteroatoms. The van der Waals surface area contributed by atoms with Gasteiger partial charge in [-0.3, -0.25) is 4.79 Å². The molecular formula is C14H21FN2O2. The third-order valence-corrected chi connectivity index (χ3v) is 2.82. The van der Waals surface area contributed by atoms with Crippen molar-refractivity contribution in [1.29, 1.82) is 0 Å². The first-order valence-electron chi connectivity index (χ1n) is 6.41. The number of anilines is 1. The van der Waals surface area contributed by atoms with Gasteiger partial charge >= 0.3 is 0 Å². The summed E-state index contributed by atoms with van der Waals surface area (Å²) < 4.78 is 13.9. The normalized spacial score (nSPS) is 12.1. The molecule has 0 saturated carbocycles. The minimum atomic E-state index is -0.707. The fraction of sp³-hybridized carbons (Fsp3) is 0.500. The van der Waals surface area contributed by atoms with Gasteiger partial charge in [0.1, 0.15) is 5.82 Å². The van der Waals surface area contributed by atoms with Crippen LogP contribution < -0.4 is 10.2 Å². The number of nitrogens with zero attached hydrogens (tertiary/aromatic N) is 1. The average molecular weight is 268 g/mol. The number of halogens is 1. The van der Waals surface area contributed by atoms with Crippen LogP contribution in [-0.2, 0) is 4.79 Å². The van der Waals surface area contributed by atoms with Gasteiger partial charge in [0, 0.05) is 13.6 Å². The van der Waals surface area contributed by atoms with E-state index in [1.807, 2.05) is 6.92 Å². The molecular weight excluding hydrogens is 247 g/mol. The lowest BCUT2D eigenvalue weighted by atomic mass is 10.1. The summed E-state index contributed by atoms with van der Waals surface area (Å²) in [5.74, 6) is -0.576. The van der Waals surface area contributed by atoms with Gasteiger partial charge in [-0.2, -0.15) is 0 Å². The average Bonchev–Trinajstić information content (AvgIpc) is 2.35. The first-order valence-corrected chi connectivity index (χ1v) is 6.41. The summed E-state index contributed by atoms with van der Waals surface area (Å²) in [6, 6.07) is 4.52. The topological polar surface area (TPSA) is 52.6 Å². The molecule has 1 amide bonds. The summed E-state index contributed by atoms with van der Waals surface area (Å²) in [4.78, 5) is 13.1. The van der Waals surface area contributed by atoms with Gasteiger partial charge in [0.05, 0.1) is 18.3 Å². The predicted octanol–water partition coefficient (Wildman–Crippen LogP) is 1.84. The van der Waals surface area contributed by atoms with Crippen molar-refractivity contribution in [1.82, 2.24) is 5.32 Å². The Labute approximate surface area is 113 Å². The summed E-state index contributed by atoms with van der Waals surface area (Å²) in [7, 11) is 1.66. The van der Waals surface area contributed by atoms with Crippen molar-refractivity contribution >= 4 is 11.6 Å². The Morgan fingerprint density at radius 1 is 1.53 bits per heavy atom. The van der Waals surface area contributed by atoms with Crippen LogP contribution in [0.1, 0.15) is 31.9 Å². The molecule has 0 aliphatic rings. The minimum absolute atomic E-state index is 0.102. The Kier molecular flexibility index (Phi) is 5.76. The van der Waals surface area contributed by atoms with E-state index in [4.69, 9.17) is 0 Å². The largest absolute Gasteiger partial charge is 0.389 e. The summed E-state index contributed by atoms with van der Waals surface area (Å²) in [5, 5.41) is 12.1. The lowest BCUT2D eigenvalue weighted by Crippen LogP contribution is -2.35. The predicted molar refractivity (Wildman–Crippen MR) is 73.6 cm³/mol. The molecule has 0 saturated heterocycles. The molecule has 0 heterocycles. The highest BCUT2D eigenvalue weighted by atomic mass is 19.1. The molecule has 4 nitrogen and oxygen atoms in total. The number of nitrogens with one attached hydrogen (secondary N) is 1. The van der Waals surface area contributed by atoms with E-state index in [9.17, 15) is 14.3 Å². The molecule has 0 bridgehead atoms. The molecule has 0 spiro atoms. The molecule has 0 aliphatic heterocycles. The number of rotatable bonds is 6. The van der Waals surface area contributed by atoms with Crippen LogP contribution in [0.5, 0.6) is 0 Å². The molecule has 0 fully saturated rings. The van der Waals surface area contributed by atoms with Gasteiger partial charge in [-0.05, 0) is 31.0 Å². The lowest BCUT2D eigenvalue weighted by Gasteiger charge is -2.20. The fourth-order valence-corrected chi connectivity index (χ4v) is 1.71. The molecule has 1 rings (SSSR count). The van der Waals surface area contributed by atoms with Crippen LogP contribution in [-0.4, -0.2) is 31.2 Å². The Morgan fingerprint density at radius 3 is 2.74 bits per heavy atom. The molecule has 0 unspecified atom stereocenters. The number of hydrogen-bond donors (Lipinski definition) is 2. The SMILES string of the molecule is CCCNC(=O)CN(C)c1ccc([C@H](C)O)cc1F. The molecule has 0 radical (unpaired) electrons. The number of carbonyl (C=O) groups excluding carboxylic acids is 1. The number of carbonyl (C=O) groups is 1. The number of hydrogen-bond acceptors (Lipinski definition) is 3. The van der Waals surface area contributed by atoms with Crippen molar-refractivity contribution in [3.8, 4) is 0 Å². The van der Waals surface area contributed by atoms with Crippen molar-refractivity contribution in [2.24, 2.45) is 0 Å². The van der Waals surface area contributed by atoms with Crippen molar-refractivity contribution in [2.45, 2.75) is 26.4 Å². The summed E-state index contributed by atoms with van der Waals surface area (Å²) in [5.41, 5.74) is 0.862. The van der Waals surface area contributed by atoms with Crippen molar-refractivity contribution in [3.05, 3.63) is 29.6 Å². The quantitative estimate of drug-likeness (QED) is 0.827. The van der Waals surface area contributed by atoms with E-state index in [-0.39, 0.29) is 12.5 Å². The van der Waals surface area contributed by atoms with E-state index in [0.717, 1.165) is 6.42 Å². The van der Waals surface area contributed by atoms with Crippen LogP contribution in [0.2, 0.25) is 0 Å². The van der Waals surface area contributed by atoms with Crippen molar-refractivity contribution in [2.75, 3.05) is 25.0 Å². The third-order valence-electron chi connectivity index (χ3n) is 2.82. The second-order valence-corrected chi connectivity index (χ2v) is 4.59. The minimum Gasteiger partial charge on any atom is -0.389 e. The summed E-state index contributed by atoms with van der Waals surface area (Å²) >= 11 is 0. The van der Waals surface area contributed by atoms with Gasteiger partial charge in [-0.1, -0.05) is 13.0 Å². The molecule has 0 aliphatic carbocycles. The first kappa shape index (κ1) is 15.4. The zero-order valence-electron chi connectivity index (χ0n) is 11.6. The highest BCUT2D eigenvalue weighted by Crippen LogP contribution is 2.22. The molecule has 1 aromatic carbocycles. The van der Waals surface area contributed by atoms with Crippen LogP contribution in [0.15, 0.2) is 18.2 Å². The van der Waals surface area contributed by atoms with Crippen LogP contribution in [0.25, 0.3) is 0 Å². The first-order chi connectivity index (χ1) is 8.95. The molecule has 1 aromatic rings. The second-order valence-electron chi connectivity index (χ2n) is 4.59. The monoisotopic (exact) mass is 268 g/mol. The van der Waals surface area contributed by atoms with Crippen LogP contribution in [0, 0.1) is 5.82 Å². The number of benzene rings is 1. The van der Waals surface area contributed by atoms with Crippen LogP contribution >= 0.6 is 0 Å². The van der Waals surface area contributed by atoms with E-state index in [1.54, 1.807) is 31.0 Å². The van der Waals surface area contributed by atoms with Gasteiger partial charge in [0.2, 0.25) is 5.91 Å². The molecule has 19 heavy (non-hydrogen) atoms. The fourth-order valence-electron chi connectivity index (χ4n) is 1.71. The van der Waals surface area contributed by atoms with Gasteiger partial charge in [0.25, 0.3) is 0 Å². The molecule has 0 aromatic heterocycles. The lowest BCUT2D eigenvalue weighted by molar-refractivity contribution is -0.119. The van der Waals surface area contributed by atoms with Gasteiger partial charge < -0.3 is 15.3 Å². The maximum absolute atomic E-state index is 13.9. The zero-order chi connectivity index (χ0) is 14.4. The Morgan fingerprint density at radius 2 is 2.21 bits per heavy atom. The van der Waals surface area contributed by atoms with Crippen LogP contribution in [0.3, 0.4) is 0 Å². The van der Waals surface area contributed by atoms with Crippen molar-refractivity contribution in [3.63, 3.8) is 0 Å². The number of likely N-dealkylation sites (N-methyl/N-ethyl adjacent to an activating group) is 1. The Hall–Kier alpha value is -1.62. The summed E-state index contributed by atoms with van der Waals surface area (Å²) in [6.07, 6.45) is 0.161. The van der Waals surface area contributed by atoms with Crippen molar-refractivity contribution < 1.29 is 14.3 Å². The Balaban J connectivity index is 2.71. The smallest absolute Gasteiger partial charge is 0.239 e. The summed E-state index contributed by atoms with van der Waals surface area (Å²) in [6.45, 7) is 4.27. The van der Waals surface area contributed by atoms with Gasteiger partial charge in [0.15, 0.2) is 0 Å². The third kappa shape index (κ3) is 4.52. The zero-order valence-corrected chi connectivity index (χ0v) is 11.6. The number of aliphatic hydroxyl groups is 1. The van der Waals surface area contributed by atoms with E-state index in [2.05, 4.69) is 5.32 Å². The van der Waals surface area contributed by atoms with E-state index < -0.39 is 11.9 Å². The molecule has 2 N–H and O–H groups in total. The van der Waals surface area contributed by atoms with E-state index >= 15 is 0 Å². The van der Waals surface area contributed by atoms with E-state index in [0.29, 0.717) is 17.8 Å². The highest BCUT2D eigenvalue weighted by molar-refractivity contribution is 5.81. The Bertz CT molecular complexity index is 435.